The fraction of sp³-hybridized carbons (Fsp3) is 0.385. The Kier molecular flexibility index (Phi) is 4.83. The van der Waals surface area contributed by atoms with E-state index >= 15 is 0 Å². The Hall–Kier alpha value is -1.91. The molecule has 0 unspecified atom stereocenters. The van der Waals surface area contributed by atoms with E-state index in [0.717, 1.165) is 0 Å². The van der Waals surface area contributed by atoms with Crippen molar-refractivity contribution in [2.75, 3.05) is 18.5 Å². The zero-order valence-electron chi connectivity index (χ0n) is 10.7. The molecular weight excluding hydrogens is 235 g/mol. The van der Waals surface area contributed by atoms with Crippen molar-refractivity contribution in [3.63, 3.8) is 0 Å². The molecule has 1 aromatic rings. The van der Waals surface area contributed by atoms with Crippen LogP contribution in [0, 0.1) is 5.82 Å². The van der Waals surface area contributed by atoms with Gasteiger partial charge in [-0.3, -0.25) is 9.59 Å². The molecule has 4 nitrogen and oxygen atoms in total. The first kappa shape index (κ1) is 14.2. The largest absolute Gasteiger partial charge is 0.365 e. The molecule has 0 spiro atoms. The topological polar surface area (TPSA) is 49.4 Å². The lowest BCUT2D eigenvalue weighted by atomic mass is 10.1. The molecule has 1 amide bonds. The van der Waals surface area contributed by atoms with E-state index < -0.39 is 5.82 Å². The molecule has 5 heteroatoms. The molecule has 0 aliphatic heterocycles. The molecule has 18 heavy (non-hydrogen) atoms. The van der Waals surface area contributed by atoms with E-state index in [1.165, 1.54) is 12.1 Å². The van der Waals surface area contributed by atoms with Gasteiger partial charge >= 0.3 is 0 Å². The molecule has 0 aliphatic carbocycles. The average Bonchev–Trinajstić information content (AvgIpc) is 2.27. The maximum Gasteiger partial charge on any atom is 0.239 e. The molecule has 98 valence electrons. The van der Waals surface area contributed by atoms with Gasteiger partial charge in [-0.1, -0.05) is 6.07 Å². The molecule has 0 aliphatic rings. The third-order valence-corrected chi connectivity index (χ3v) is 2.39. The SMILES string of the molecule is CC(C)NC(=O)CN(C)c1cccc(F)c1C=O. The molecule has 0 atom stereocenters. The summed E-state index contributed by atoms with van der Waals surface area (Å²) in [4.78, 5) is 24.0. The highest BCUT2D eigenvalue weighted by Crippen LogP contribution is 2.20. The number of benzene rings is 1. The monoisotopic (exact) mass is 252 g/mol. The third kappa shape index (κ3) is 3.55. The molecule has 1 N–H and O–H groups in total. The van der Waals surface area contributed by atoms with Crippen LogP contribution in [-0.4, -0.2) is 31.8 Å². The van der Waals surface area contributed by atoms with Gasteiger partial charge in [-0.2, -0.15) is 0 Å². The molecule has 0 radical (unpaired) electrons. The van der Waals surface area contributed by atoms with Gasteiger partial charge in [0.2, 0.25) is 5.91 Å². The molecule has 0 saturated heterocycles. The Morgan fingerprint density at radius 1 is 1.50 bits per heavy atom. The second-order valence-corrected chi connectivity index (χ2v) is 4.37. The maximum absolute atomic E-state index is 13.4. The van der Waals surface area contributed by atoms with Crippen molar-refractivity contribution in [3.8, 4) is 0 Å². The van der Waals surface area contributed by atoms with Gasteiger partial charge in [0.15, 0.2) is 6.29 Å². The van der Waals surface area contributed by atoms with Crippen molar-refractivity contribution in [1.29, 1.82) is 0 Å². The fourth-order valence-corrected chi connectivity index (χ4v) is 1.64. The van der Waals surface area contributed by atoms with Gasteiger partial charge in [-0.05, 0) is 26.0 Å². The first-order valence-corrected chi connectivity index (χ1v) is 5.70. The minimum atomic E-state index is -0.585. The van der Waals surface area contributed by atoms with Gasteiger partial charge in [-0.25, -0.2) is 4.39 Å². The van der Waals surface area contributed by atoms with Gasteiger partial charge in [0.25, 0.3) is 0 Å². The Morgan fingerprint density at radius 2 is 2.17 bits per heavy atom. The molecule has 0 saturated carbocycles. The number of halogens is 1. The zero-order valence-corrected chi connectivity index (χ0v) is 10.7. The van der Waals surface area contributed by atoms with Gasteiger partial charge in [0.05, 0.1) is 17.8 Å². The van der Waals surface area contributed by atoms with Gasteiger partial charge in [0.1, 0.15) is 5.82 Å². The van der Waals surface area contributed by atoms with Crippen LogP contribution in [0.25, 0.3) is 0 Å². The predicted octanol–water partition coefficient (Wildman–Crippen LogP) is 1.60. The van der Waals surface area contributed by atoms with Gasteiger partial charge < -0.3 is 10.2 Å². The number of amides is 1. The molecule has 0 fully saturated rings. The van der Waals surface area contributed by atoms with Crippen LogP contribution in [0.15, 0.2) is 18.2 Å². The first-order chi connectivity index (χ1) is 8.45. The summed E-state index contributed by atoms with van der Waals surface area (Å²) in [5.41, 5.74) is 0.376. The zero-order chi connectivity index (χ0) is 13.7. The lowest BCUT2D eigenvalue weighted by Crippen LogP contribution is -2.38. The van der Waals surface area contributed by atoms with Crippen LogP contribution < -0.4 is 10.2 Å². The van der Waals surface area contributed by atoms with E-state index in [0.29, 0.717) is 12.0 Å². The average molecular weight is 252 g/mol. The van der Waals surface area contributed by atoms with Gasteiger partial charge in [0, 0.05) is 13.1 Å². The standard InChI is InChI=1S/C13H17FN2O2/c1-9(2)15-13(18)7-16(3)12-6-4-5-11(14)10(12)8-17/h4-6,8-9H,7H2,1-3H3,(H,15,18). The molecule has 0 bridgehead atoms. The Balaban J connectivity index is 2.84. The normalized spacial score (nSPS) is 10.3. The number of carbonyl (C=O) groups is 2. The van der Waals surface area contributed by atoms with Crippen LogP contribution in [0.3, 0.4) is 0 Å². The highest BCUT2D eigenvalue weighted by Gasteiger charge is 2.14. The summed E-state index contributed by atoms with van der Waals surface area (Å²) in [6.07, 6.45) is 0.460. The second-order valence-electron chi connectivity index (χ2n) is 4.37. The smallest absolute Gasteiger partial charge is 0.239 e. The third-order valence-electron chi connectivity index (χ3n) is 2.39. The van der Waals surface area contributed by atoms with Crippen LogP contribution >= 0.6 is 0 Å². The van der Waals surface area contributed by atoms with E-state index in [4.69, 9.17) is 0 Å². The quantitative estimate of drug-likeness (QED) is 0.810. The Labute approximate surface area is 106 Å². The number of carbonyl (C=O) groups excluding carboxylic acids is 2. The molecule has 0 aromatic heterocycles. The van der Waals surface area contributed by atoms with E-state index in [-0.39, 0.29) is 24.1 Å². The number of anilines is 1. The minimum Gasteiger partial charge on any atom is -0.365 e. The molecule has 0 heterocycles. The summed E-state index contributed by atoms with van der Waals surface area (Å²) >= 11 is 0. The summed E-state index contributed by atoms with van der Waals surface area (Å²) in [6, 6.07) is 4.38. The Bertz CT molecular complexity index is 447. The summed E-state index contributed by atoms with van der Waals surface area (Å²) in [5, 5.41) is 2.73. The van der Waals surface area contributed by atoms with E-state index in [1.807, 2.05) is 13.8 Å². The predicted molar refractivity (Wildman–Crippen MR) is 68.3 cm³/mol. The lowest BCUT2D eigenvalue weighted by molar-refractivity contribution is -0.120. The van der Waals surface area contributed by atoms with Crippen LogP contribution in [0.2, 0.25) is 0 Å². The van der Waals surface area contributed by atoms with Crippen molar-refractivity contribution < 1.29 is 14.0 Å². The van der Waals surface area contributed by atoms with Crippen molar-refractivity contribution in [2.24, 2.45) is 0 Å². The van der Waals surface area contributed by atoms with Crippen molar-refractivity contribution >= 4 is 17.9 Å². The number of rotatable bonds is 5. The molecular formula is C13H17FN2O2. The van der Waals surface area contributed by atoms with E-state index in [2.05, 4.69) is 5.32 Å². The van der Waals surface area contributed by atoms with Crippen LogP contribution in [-0.2, 0) is 4.79 Å². The highest BCUT2D eigenvalue weighted by atomic mass is 19.1. The van der Waals surface area contributed by atoms with Gasteiger partial charge in [-0.15, -0.1) is 0 Å². The van der Waals surface area contributed by atoms with E-state index in [9.17, 15) is 14.0 Å². The second kappa shape index (κ2) is 6.14. The highest BCUT2D eigenvalue weighted by molar-refractivity contribution is 5.88. The number of hydrogen-bond acceptors (Lipinski definition) is 3. The van der Waals surface area contributed by atoms with Crippen LogP contribution in [0.4, 0.5) is 10.1 Å². The number of nitrogens with zero attached hydrogens (tertiary/aromatic N) is 1. The van der Waals surface area contributed by atoms with E-state index in [1.54, 1.807) is 18.0 Å². The maximum atomic E-state index is 13.4. The van der Waals surface area contributed by atoms with Crippen molar-refractivity contribution in [3.05, 3.63) is 29.6 Å². The summed E-state index contributed by atoms with van der Waals surface area (Å²) in [6.45, 7) is 3.79. The Morgan fingerprint density at radius 3 is 2.72 bits per heavy atom. The summed E-state index contributed by atoms with van der Waals surface area (Å²) < 4.78 is 13.4. The number of likely N-dealkylation sites (N-methyl/N-ethyl adjacent to an activating group) is 1. The summed E-state index contributed by atoms with van der Waals surface area (Å²) in [7, 11) is 1.64. The number of nitrogens with one attached hydrogen (secondary N) is 1. The fourth-order valence-electron chi connectivity index (χ4n) is 1.64. The van der Waals surface area contributed by atoms with Crippen molar-refractivity contribution in [1.82, 2.24) is 5.32 Å². The minimum absolute atomic E-state index is 0.0302. The first-order valence-electron chi connectivity index (χ1n) is 5.70. The number of hydrogen-bond donors (Lipinski definition) is 1. The number of aldehydes is 1. The van der Waals surface area contributed by atoms with Crippen LogP contribution in [0.1, 0.15) is 24.2 Å². The molecule has 1 aromatic carbocycles. The molecule has 1 rings (SSSR count). The van der Waals surface area contributed by atoms with Crippen LogP contribution in [0.5, 0.6) is 0 Å². The lowest BCUT2D eigenvalue weighted by Gasteiger charge is -2.21. The summed E-state index contributed by atoms with van der Waals surface area (Å²) in [5.74, 6) is -0.757. The van der Waals surface area contributed by atoms with Crippen molar-refractivity contribution in [2.45, 2.75) is 19.9 Å².